The van der Waals surface area contributed by atoms with Crippen LogP contribution in [0.3, 0.4) is 0 Å². The highest BCUT2D eigenvalue weighted by molar-refractivity contribution is 5.93. The molecule has 2 aromatic rings. The van der Waals surface area contributed by atoms with Crippen molar-refractivity contribution >= 4 is 22.9 Å². The highest BCUT2D eigenvalue weighted by Crippen LogP contribution is 2.37. The van der Waals surface area contributed by atoms with Gasteiger partial charge in [0.05, 0.1) is 11.0 Å². The minimum Gasteiger partial charge on any atom is -0.307 e. The number of nitrogens with zero attached hydrogens (tertiary/aromatic N) is 2. The van der Waals surface area contributed by atoms with Crippen molar-refractivity contribution in [2.75, 3.05) is 5.32 Å². The molecule has 0 unspecified atom stereocenters. The summed E-state index contributed by atoms with van der Waals surface area (Å²) in [6.45, 7) is 8.21. The standard InChI is InChI=1S/C18H25N3O/c1-11(2)13(4)17(22)20-18-19-15-9-8-12(3)10-16(15)21(18)14-6-5-7-14/h8-11,13-14H,5-7H2,1-4H3,(H,19,20,22)/t13-/m1/s1. The summed E-state index contributed by atoms with van der Waals surface area (Å²) in [4.78, 5) is 17.1. The van der Waals surface area contributed by atoms with E-state index in [2.05, 4.69) is 47.8 Å². The van der Waals surface area contributed by atoms with Gasteiger partial charge in [-0.3, -0.25) is 10.1 Å². The smallest absolute Gasteiger partial charge is 0.229 e. The van der Waals surface area contributed by atoms with Crippen molar-refractivity contribution in [2.45, 2.75) is 53.0 Å². The summed E-state index contributed by atoms with van der Waals surface area (Å²) < 4.78 is 2.23. The van der Waals surface area contributed by atoms with Crippen molar-refractivity contribution in [1.82, 2.24) is 9.55 Å². The Hall–Kier alpha value is -1.84. The van der Waals surface area contributed by atoms with Gasteiger partial charge in [0, 0.05) is 12.0 Å². The topological polar surface area (TPSA) is 46.9 Å². The second-order valence-electron chi connectivity index (χ2n) is 6.90. The number of nitrogens with one attached hydrogen (secondary N) is 1. The number of carbonyl (C=O) groups excluding carboxylic acids is 1. The number of aryl methyl sites for hydroxylation is 1. The van der Waals surface area contributed by atoms with Crippen LogP contribution in [-0.4, -0.2) is 15.5 Å². The Balaban J connectivity index is 1.99. The molecule has 1 aromatic heterocycles. The van der Waals surface area contributed by atoms with Gasteiger partial charge in [-0.25, -0.2) is 4.98 Å². The molecule has 1 N–H and O–H groups in total. The van der Waals surface area contributed by atoms with Gasteiger partial charge in [-0.2, -0.15) is 0 Å². The van der Waals surface area contributed by atoms with E-state index in [-0.39, 0.29) is 11.8 Å². The number of anilines is 1. The Labute approximate surface area is 131 Å². The Kier molecular flexibility index (Phi) is 3.94. The van der Waals surface area contributed by atoms with E-state index >= 15 is 0 Å². The Morgan fingerprint density at radius 1 is 1.32 bits per heavy atom. The molecule has 0 saturated heterocycles. The zero-order valence-corrected chi connectivity index (χ0v) is 13.9. The lowest BCUT2D eigenvalue weighted by Gasteiger charge is -2.29. The molecule has 118 valence electrons. The lowest BCUT2D eigenvalue weighted by Crippen LogP contribution is -2.27. The SMILES string of the molecule is Cc1ccc2nc(NC(=O)[C@H](C)C(C)C)n(C3CCC3)c2c1. The first-order chi connectivity index (χ1) is 10.5. The lowest BCUT2D eigenvalue weighted by molar-refractivity contribution is -0.120. The zero-order chi connectivity index (χ0) is 15.9. The molecule has 1 aliphatic rings. The molecular weight excluding hydrogens is 274 g/mol. The van der Waals surface area contributed by atoms with Crippen molar-refractivity contribution in [3.05, 3.63) is 23.8 Å². The van der Waals surface area contributed by atoms with E-state index in [9.17, 15) is 4.79 Å². The van der Waals surface area contributed by atoms with Crippen LogP contribution < -0.4 is 5.32 Å². The molecule has 0 spiro atoms. The minimum atomic E-state index is -0.0172. The Morgan fingerprint density at radius 3 is 2.64 bits per heavy atom. The van der Waals surface area contributed by atoms with Crippen molar-refractivity contribution in [2.24, 2.45) is 11.8 Å². The maximum atomic E-state index is 12.4. The van der Waals surface area contributed by atoms with E-state index in [1.54, 1.807) is 0 Å². The van der Waals surface area contributed by atoms with Crippen molar-refractivity contribution < 1.29 is 4.79 Å². The number of benzene rings is 1. The fourth-order valence-corrected chi connectivity index (χ4v) is 2.83. The summed E-state index contributed by atoms with van der Waals surface area (Å²) in [6.07, 6.45) is 3.59. The number of amides is 1. The van der Waals surface area contributed by atoms with Gasteiger partial charge in [-0.15, -0.1) is 0 Å². The predicted octanol–water partition coefficient (Wildman–Crippen LogP) is 4.30. The number of aromatic nitrogens is 2. The van der Waals surface area contributed by atoms with Crippen LogP contribution in [0.2, 0.25) is 0 Å². The first kappa shape index (κ1) is 15.1. The summed E-state index contributed by atoms with van der Waals surface area (Å²) in [5, 5.41) is 3.06. The number of hydrogen-bond donors (Lipinski definition) is 1. The summed E-state index contributed by atoms with van der Waals surface area (Å²) >= 11 is 0. The largest absolute Gasteiger partial charge is 0.307 e. The number of hydrogen-bond acceptors (Lipinski definition) is 2. The second-order valence-corrected chi connectivity index (χ2v) is 6.90. The number of fused-ring (bicyclic) bond motifs is 1. The second kappa shape index (κ2) is 5.75. The Morgan fingerprint density at radius 2 is 2.05 bits per heavy atom. The fourth-order valence-electron chi connectivity index (χ4n) is 2.83. The molecule has 4 heteroatoms. The average molecular weight is 299 g/mol. The minimum absolute atomic E-state index is 0.0172. The molecule has 4 nitrogen and oxygen atoms in total. The molecule has 1 fully saturated rings. The normalized spacial score (nSPS) is 16.8. The fraction of sp³-hybridized carbons (Fsp3) is 0.556. The maximum Gasteiger partial charge on any atom is 0.229 e. The van der Waals surface area contributed by atoms with Gasteiger partial charge in [-0.05, 0) is 49.8 Å². The van der Waals surface area contributed by atoms with E-state index in [0.717, 1.165) is 11.0 Å². The molecule has 1 aliphatic carbocycles. The third kappa shape index (κ3) is 2.62. The molecule has 1 amide bonds. The van der Waals surface area contributed by atoms with Crippen LogP contribution in [0.5, 0.6) is 0 Å². The number of rotatable bonds is 4. The highest BCUT2D eigenvalue weighted by atomic mass is 16.2. The van der Waals surface area contributed by atoms with Crippen molar-refractivity contribution in [1.29, 1.82) is 0 Å². The van der Waals surface area contributed by atoms with Crippen LogP contribution in [0.4, 0.5) is 5.95 Å². The summed E-state index contributed by atoms with van der Waals surface area (Å²) in [5.74, 6) is 1.07. The van der Waals surface area contributed by atoms with Crippen molar-refractivity contribution in [3.63, 3.8) is 0 Å². The summed E-state index contributed by atoms with van der Waals surface area (Å²) in [5.41, 5.74) is 3.32. The predicted molar refractivity (Wildman–Crippen MR) is 90.0 cm³/mol. The van der Waals surface area contributed by atoms with Crippen LogP contribution in [0.1, 0.15) is 51.6 Å². The van der Waals surface area contributed by atoms with Gasteiger partial charge < -0.3 is 4.57 Å². The van der Waals surface area contributed by atoms with Gasteiger partial charge in [0.2, 0.25) is 11.9 Å². The van der Waals surface area contributed by atoms with Crippen LogP contribution in [-0.2, 0) is 4.79 Å². The molecule has 1 aromatic carbocycles. The molecule has 1 saturated carbocycles. The van der Waals surface area contributed by atoms with Crippen LogP contribution in [0.25, 0.3) is 11.0 Å². The summed E-state index contributed by atoms with van der Waals surface area (Å²) in [7, 11) is 0. The lowest BCUT2D eigenvalue weighted by atomic mass is 9.92. The zero-order valence-electron chi connectivity index (χ0n) is 13.9. The van der Waals surface area contributed by atoms with Gasteiger partial charge >= 0.3 is 0 Å². The monoisotopic (exact) mass is 299 g/mol. The first-order valence-corrected chi connectivity index (χ1v) is 8.27. The molecule has 0 radical (unpaired) electrons. The van der Waals surface area contributed by atoms with E-state index in [1.165, 1.54) is 24.8 Å². The molecule has 1 atom stereocenters. The van der Waals surface area contributed by atoms with Gasteiger partial charge in [-0.1, -0.05) is 26.8 Å². The van der Waals surface area contributed by atoms with E-state index in [4.69, 9.17) is 0 Å². The van der Waals surface area contributed by atoms with Gasteiger partial charge in [0.1, 0.15) is 0 Å². The first-order valence-electron chi connectivity index (χ1n) is 8.27. The van der Waals surface area contributed by atoms with Crippen LogP contribution in [0, 0.1) is 18.8 Å². The summed E-state index contributed by atoms with van der Waals surface area (Å²) in [6, 6.07) is 6.75. The third-order valence-electron chi connectivity index (χ3n) is 4.93. The quantitative estimate of drug-likeness (QED) is 0.915. The third-order valence-corrected chi connectivity index (χ3v) is 4.93. The average Bonchev–Trinajstić information content (AvgIpc) is 2.74. The van der Waals surface area contributed by atoms with E-state index in [1.807, 2.05) is 13.0 Å². The van der Waals surface area contributed by atoms with Crippen molar-refractivity contribution in [3.8, 4) is 0 Å². The molecular formula is C18H25N3O. The van der Waals surface area contributed by atoms with Crippen LogP contribution >= 0.6 is 0 Å². The van der Waals surface area contributed by atoms with E-state index < -0.39 is 0 Å². The maximum absolute atomic E-state index is 12.4. The number of imidazole rings is 1. The van der Waals surface area contributed by atoms with Gasteiger partial charge in [0.25, 0.3) is 0 Å². The molecule has 3 rings (SSSR count). The molecule has 0 aliphatic heterocycles. The molecule has 0 bridgehead atoms. The molecule has 1 heterocycles. The highest BCUT2D eigenvalue weighted by Gasteiger charge is 2.26. The molecule has 22 heavy (non-hydrogen) atoms. The van der Waals surface area contributed by atoms with Crippen LogP contribution in [0.15, 0.2) is 18.2 Å². The van der Waals surface area contributed by atoms with E-state index in [0.29, 0.717) is 17.9 Å². The Bertz CT molecular complexity index is 698. The number of carbonyl (C=O) groups is 1. The van der Waals surface area contributed by atoms with Gasteiger partial charge in [0.15, 0.2) is 0 Å².